The zero-order chi connectivity index (χ0) is 22.6. The number of hydrogen-bond acceptors (Lipinski definition) is 3. The number of ketones is 1. The number of hydrogen-bond donors (Lipinski definition) is 0. The minimum atomic E-state index is -0.194. The second-order valence-corrected chi connectivity index (χ2v) is 10.6. The van der Waals surface area contributed by atoms with Crippen LogP contribution in [0.2, 0.25) is 0 Å². The minimum Gasteiger partial charge on any atom is -0.473 e. The van der Waals surface area contributed by atoms with Crippen molar-refractivity contribution in [2.24, 2.45) is 5.41 Å². The minimum absolute atomic E-state index is 0.0776. The van der Waals surface area contributed by atoms with Gasteiger partial charge in [0.2, 0.25) is 5.88 Å². The fraction of sp³-hybridized carbons (Fsp3) is 0.440. The first-order valence-electron chi connectivity index (χ1n) is 10.2. The van der Waals surface area contributed by atoms with Gasteiger partial charge >= 0.3 is 0 Å². The van der Waals surface area contributed by atoms with Crippen LogP contribution >= 0.6 is 27.5 Å². The number of Topliss-reactive ketones (excluding diaryl/α,β-unsaturated/α-hetero) is 1. The Morgan fingerprint density at radius 1 is 1.23 bits per heavy atom. The molecule has 0 amide bonds. The van der Waals surface area contributed by atoms with E-state index in [1.165, 1.54) is 0 Å². The number of carbonyl (C=O) groups is 1. The highest BCUT2D eigenvalue weighted by atomic mass is 79.9. The van der Waals surface area contributed by atoms with Crippen LogP contribution in [0, 0.1) is 5.41 Å². The Morgan fingerprint density at radius 2 is 1.90 bits per heavy atom. The quantitative estimate of drug-likeness (QED) is 0.390. The van der Waals surface area contributed by atoms with E-state index in [4.69, 9.17) is 21.3 Å². The number of halogens is 2. The number of ether oxygens (including phenoxy) is 1. The third kappa shape index (κ3) is 6.18. The molecule has 30 heavy (non-hydrogen) atoms. The Balaban J connectivity index is 2.73. The van der Waals surface area contributed by atoms with E-state index in [2.05, 4.69) is 43.6 Å². The average molecular weight is 493 g/mol. The molecule has 0 bridgehead atoms. The van der Waals surface area contributed by atoms with Gasteiger partial charge in [0, 0.05) is 17.0 Å². The number of rotatable bonds is 5. The molecule has 1 aliphatic rings. The lowest BCUT2D eigenvalue weighted by Crippen LogP contribution is -2.38. The lowest BCUT2D eigenvalue weighted by atomic mass is 9.83. The van der Waals surface area contributed by atoms with Crippen LogP contribution < -0.4 is 4.74 Å². The second kappa shape index (κ2) is 10.1. The van der Waals surface area contributed by atoms with Crippen molar-refractivity contribution in [2.45, 2.75) is 67.4 Å². The lowest BCUT2D eigenvalue weighted by molar-refractivity contribution is 0.0514. The highest BCUT2D eigenvalue weighted by Crippen LogP contribution is 2.38. The molecule has 1 aromatic heterocycles. The van der Waals surface area contributed by atoms with Gasteiger partial charge in [-0.3, -0.25) is 4.79 Å². The van der Waals surface area contributed by atoms with E-state index < -0.39 is 0 Å². The summed E-state index contributed by atoms with van der Waals surface area (Å²) in [6.45, 7) is 14.2. The Kier molecular flexibility index (Phi) is 8.29. The zero-order valence-electron chi connectivity index (χ0n) is 18.9. The molecule has 0 aromatic carbocycles. The van der Waals surface area contributed by atoms with Crippen molar-refractivity contribution >= 4 is 44.5 Å². The topological polar surface area (TPSA) is 39.2 Å². The molecular formula is C25H31BrClNO2. The predicted octanol–water partition coefficient (Wildman–Crippen LogP) is 8.10. The first-order valence-corrected chi connectivity index (χ1v) is 11.4. The normalized spacial score (nSPS) is 19.0. The van der Waals surface area contributed by atoms with Crippen molar-refractivity contribution in [1.82, 2.24) is 4.98 Å². The molecule has 0 fully saturated rings. The molecule has 0 saturated heterocycles. The Hall–Kier alpha value is -1.65. The van der Waals surface area contributed by atoms with E-state index in [1.54, 1.807) is 0 Å². The molecule has 2 heterocycles. The van der Waals surface area contributed by atoms with Crippen LogP contribution in [0.5, 0.6) is 5.88 Å². The highest BCUT2D eigenvalue weighted by Gasteiger charge is 2.36. The maximum Gasteiger partial charge on any atom is 0.225 e. The van der Waals surface area contributed by atoms with Gasteiger partial charge in [-0.2, -0.15) is 0 Å². The van der Waals surface area contributed by atoms with Gasteiger partial charge in [-0.1, -0.05) is 73.5 Å². The average Bonchev–Trinajstić information content (AvgIpc) is 2.65. The highest BCUT2D eigenvalue weighted by molar-refractivity contribution is 9.11. The van der Waals surface area contributed by atoms with Crippen molar-refractivity contribution in [2.75, 3.05) is 0 Å². The van der Waals surface area contributed by atoms with E-state index in [1.807, 2.05) is 51.1 Å². The van der Waals surface area contributed by atoms with Gasteiger partial charge in [0.15, 0.2) is 5.78 Å². The van der Waals surface area contributed by atoms with E-state index in [0.717, 1.165) is 33.3 Å². The van der Waals surface area contributed by atoms with Crippen molar-refractivity contribution in [1.29, 1.82) is 0 Å². The summed E-state index contributed by atoms with van der Waals surface area (Å²) in [4.78, 5) is 17.8. The third-order valence-corrected chi connectivity index (χ3v) is 5.45. The maximum atomic E-state index is 13.0. The number of allylic oxidation sites excluding steroid dienone is 8. The number of nitrogens with zero attached hydrogens (tertiary/aromatic N) is 1. The van der Waals surface area contributed by atoms with Crippen LogP contribution in [0.3, 0.4) is 0 Å². The van der Waals surface area contributed by atoms with Gasteiger partial charge < -0.3 is 4.74 Å². The summed E-state index contributed by atoms with van der Waals surface area (Å²) >= 11 is 9.52. The van der Waals surface area contributed by atoms with Crippen LogP contribution in [0.4, 0.5) is 0 Å². The molecule has 1 aromatic rings. The van der Waals surface area contributed by atoms with Crippen LogP contribution in [-0.2, 0) is 0 Å². The van der Waals surface area contributed by atoms with Crippen molar-refractivity contribution in [3.05, 3.63) is 56.7 Å². The number of carbonyl (C=O) groups excluding carboxylic acids is 1. The van der Waals surface area contributed by atoms with Gasteiger partial charge in [0.05, 0.1) is 11.3 Å². The molecule has 2 rings (SSSR count). The summed E-state index contributed by atoms with van der Waals surface area (Å²) in [5, 5.41) is 0.700. The molecule has 1 unspecified atom stereocenters. The first-order chi connectivity index (χ1) is 13.9. The van der Waals surface area contributed by atoms with Crippen molar-refractivity contribution in [3.63, 3.8) is 0 Å². The third-order valence-electron chi connectivity index (χ3n) is 5.06. The molecule has 0 N–H and O–H groups in total. The summed E-state index contributed by atoms with van der Waals surface area (Å²) in [5.41, 5.74) is 4.22. The summed E-state index contributed by atoms with van der Waals surface area (Å²) in [6.07, 6.45) is 8.84. The van der Waals surface area contributed by atoms with E-state index in [9.17, 15) is 4.79 Å². The molecule has 0 saturated carbocycles. The van der Waals surface area contributed by atoms with Crippen LogP contribution in [0.1, 0.15) is 82.9 Å². The summed E-state index contributed by atoms with van der Waals surface area (Å²) in [5.74, 6) is 0.505. The van der Waals surface area contributed by atoms with E-state index in [-0.39, 0.29) is 17.3 Å². The number of pyridine rings is 1. The Bertz CT molecular complexity index is 941. The fourth-order valence-electron chi connectivity index (χ4n) is 3.20. The van der Waals surface area contributed by atoms with E-state index in [0.29, 0.717) is 22.9 Å². The maximum absolute atomic E-state index is 13.0. The van der Waals surface area contributed by atoms with Gasteiger partial charge in [0.25, 0.3) is 0 Å². The molecule has 3 nitrogen and oxygen atoms in total. The smallest absolute Gasteiger partial charge is 0.225 e. The van der Waals surface area contributed by atoms with Crippen molar-refractivity contribution in [3.8, 4) is 5.88 Å². The van der Waals surface area contributed by atoms with Crippen LogP contribution in [0.25, 0.3) is 11.1 Å². The van der Waals surface area contributed by atoms with E-state index >= 15 is 0 Å². The fourth-order valence-corrected chi connectivity index (χ4v) is 3.40. The Morgan fingerprint density at radius 3 is 2.43 bits per heavy atom. The molecule has 5 heteroatoms. The summed E-state index contributed by atoms with van der Waals surface area (Å²) in [6, 6.07) is 1.94. The first kappa shape index (κ1) is 24.6. The summed E-state index contributed by atoms with van der Waals surface area (Å²) < 4.78 is 7.23. The zero-order valence-corrected chi connectivity index (χ0v) is 21.2. The van der Waals surface area contributed by atoms with Crippen LogP contribution in [0.15, 0.2) is 39.9 Å². The molecular weight excluding hydrogens is 462 g/mol. The largest absolute Gasteiger partial charge is 0.473 e. The van der Waals surface area contributed by atoms with Gasteiger partial charge in [-0.25, -0.2) is 4.98 Å². The standard InChI is InChI=1S/C25H31BrClNO2/c1-8-18(12-11-17(4)27)19-13-20-21(29)14-22(25(5,6)7)30-24(20)28-23(19)15(2)9-10-16(3)26/h9-13,22H,8,14H2,1-7H3/b15-9+,16-10+,17-11+,18-12+. The molecule has 1 aliphatic heterocycles. The SMILES string of the molecule is CC/C(=C\C=C(/C)Cl)c1cc2c(nc1/C(C)=C/C=C(\C)Br)OC(C(C)(C)C)CC2=O. The van der Waals surface area contributed by atoms with Crippen LogP contribution in [-0.4, -0.2) is 16.9 Å². The lowest BCUT2D eigenvalue weighted by Gasteiger charge is -2.34. The molecule has 0 aliphatic carbocycles. The molecule has 162 valence electrons. The second-order valence-electron chi connectivity index (χ2n) is 8.74. The number of aromatic nitrogens is 1. The monoisotopic (exact) mass is 491 g/mol. The molecule has 1 atom stereocenters. The Labute approximate surface area is 194 Å². The summed E-state index contributed by atoms with van der Waals surface area (Å²) in [7, 11) is 0. The van der Waals surface area contributed by atoms with Gasteiger partial charge in [-0.15, -0.1) is 0 Å². The molecule has 0 spiro atoms. The van der Waals surface area contributed by atoms with Crippen molar-refractivity contribution < 1.29 is 9.53 Å². The van der Waals surface area contributed by atoms with Gasteiger partial charge in [0.1, 0.15) is 6.10 Å². The predicted molar refractivity (Wildman–Crippen MR) is 131 cm³/mol. The number of fused-ring (bicyclic) bond motifs is 1. The molecule has 0 radical (unpaired) electrons. The van der Waals surface area contributed by atoms with Gasteiger partial charge in [-0.05, 0) is 60.4 Å².